The number of amides is 1. The summed E-state index contributed by atoms with van der Waals surface area (Å²) in [4.78, 5) is 12.4. The minimum absolute atomic E-state index is 0.0896. The van der Waals surface area contributed by atoms with Crippen LogP contribution in [0.25, 0.3) is 22.8 Å². The zero-order valence-electron chi connectivity index (χ0n) is 15.0. The Labute approximate surface area is 160 Å². The van der Waals surface area contributed by atoms with Crippen LogP contribution in [-0.4, -0.2) is 16.1 Å². The summed E-state index contributed by atoms with van der Waals surface area (Å²) in [7, 11) is 0. The van der Waals surface area contributed by atoms with Gasteiger partial charge in [0.25, 0.3) is 5.91 Å². The number of furan rings is 1. The molecule has 0 radical (unpaired) electrons. The molecule has 1 amide bonds. The van der Waals surface area contributed by atoms with Crippen molar-refractivity contribution in [2.24, 2.45) is 0 Å². The lowest BCUT2D eigenvalue weighted by molar-refractivity contribution is 0.0997. The summed E-state index contributed by atoms with van der Waals surface area (Å²) in [6, 6.07) is 16.3. The van der Waals surface area contributed by atoms with Gasteiger partial charge in [-0.3, -0.25) is 4.79 Å². The van der Waals surface area contributed by atoms with Gasteiger partial charge in [-0.2, -0.15) is 0 Å². The molecule has 140 valence electrons. The Morgan fingerprint density at radius 2 is 1.79 bits per heavy atom. The molecule has 4 rings (SSSR count). The van der Waals surface area contributed by atoms with Gasteiger partial charge >= 0.3 is 0 Å². The first kappa shape index (κ1) is 17.7. The van der Waals surface area contributed by atoms with E-state index in [9.17, 15) is 9.18 Å². The minimum atomic E-state index is -0.429. The number of benzene rings is 2. The van der Waals surface area contributed by atoms with E-state index in [1.54, 1.807) is 48.5 Å². The summed E-state index contributed by atoms with van der Waals surface area (Å²) < 4.78 is 24.9. The van der Waals surface area contributed by atoms with Crippen LogP contribution in [0.1, 0.15) is 23.4 Å². The quantitative estimate of drug-likeness (QED) is 0.532. The lowest BCUT2D eigenvalue weighted by Gasteiger charge is -2.04. The summed E-state index contributed by atoms with van der Waals surface area (Å²) in [5, 5.41) is 10.7. The average Bonchev–Trinajstić information content (AvgIpc) is 3.39. The van der Waals surface area contributed by atoms with Crippen LogP contribution >= 0.6 is 0 Å². The number of hydrogen-bond donors (Lipinski definition) is 1. The summed E-state index contributed by atoms with van der Waals surface area (Å²) in [6.07, 6.45) is 0.666. The van der Waals surface area contributed by atoms with E-state index in [4.69, 9.17) is 8.83 Å². The third kappa shape index (κ3) is 3.55. The number of carbonyl (C=O) groups excluding carboxylic acids is 1. The van der Waals surface area contributed by atoms with Gasteiger partial charge in [0.15, 0.2) is 5.76 Å². The zero-order chi connectivity index (χ0) is 19.5. The fourth-order valence-corrected chi connectivity index (χ4v) is 2.67. The number of hydrogen-bond acceptors (Lipinski definition) is 5. The predicted molar refractivity (Wildman–Crippen MR) is 101 cm³/mol. The minimum Gasteiger partial charge on any atom is -0.451 e. The van der Waals surface area contributed by atoms with Crippen molar-refractivity contribution in [3.63, 3.8) is 0 Å². The van der Waals surface area contributed by atoms with Crippen LogP contribution in [0.3, 0.4) is 0 Å². The molecule has 0 atom stereocenters. The van der Waals surface area contributed by atoms with Crippen LogP contribution < -0.4 is 5.32 Å². The van der Waals surface area contributed by atoms with Gasteiger partial charge in [0.2, 0.25) is 11.8 Å². The van der Waals surface area contributed by atoms with Gasteiger partial charge in [0.05, 0.1) is 5.56 Å². The molecule has 0 aliphatic rings. The van der Waals surface area contributed by atoms with E-state index in [2.05, 4.69) is 15.5 Å². The Balaban J connectivity index is 1.47. The third-order valence-corrected chi connectivity index (χ3v) is 4.13. The molecule has 6 nitrogen and oxygen atoms in total. The van der Waals surface area contributed by atoms with Gasteiger partial charge in [-0.1, -0.05) is 19.1 Å². The number of nitrogens with zero attached hydrogens (tertiary/aromatic N) is 2. The van der Waals surface area contributed by atoms with Crippen LogP contribution in [0, 0.1) is 5.82 Å². The molecule has 1 N–H and O–H groups in total. The predicted octanol–water partition coefficient (Wildman–Crippen LogP) is 4.95. The van der Waals surface area contributed by atoms with Crippen LogP contribution in [0.2, 0.25) is 0 Å². The van der Waals surface area contributed by atoms with Crippen LogP contribution in [0.4, 0.5) is 10.1 Å². The van der Waals surface area contributed by atoms with Gasteiger partial charge in [-0.15, -0.1) is 10.2 Å². The number of aromatic nitrogens is 2. The number of aryl methyl sites for hydroxylation is 1. The Morgan fingerprint density at radius 1 is 1.00 bits per heavy atom. The first-order chi connectivity index (χ1) is 13.6. The highest BCUT2D eigenvalue weighted by Gasteiger charge is 2.15. The molecule has 2 aromatic heterocycles. The Morgan fingerprint density at radius 3 is 2.50 bits per heavy atom. The van der Waals surface area contributed by atoms with Gasteiger partial charge in [-0.05, 0) is 48.5 Å². The highest BCUT2D eigenvalue weighted by atomic mass is 19.1. The van der Waals surface area contributed by atoms with E-state index in [0.717, 1.165) is 5.56 Å². The van der Waals surface area contributed by atoms with Crippen molar-refractivity contribution in [1.29, 1.82) is 0 Å². The third-order valence-electron chi connectivity index (χ3n) is 4.13. The maximum Gasteiger partial charge on any atom is 0.291 e. The van der Waals surface area contributed by atoms with Crippen LogP contribution in [0.15, 0.2) is 69.5 Å². The first-order valence-corrected chi connectivity index (χ1v) is 8.73. The van der Waals surface area contributed by atoms with Crippen LogP contribution in [-0.2, 0) is 6.42 Å². The summed E-state index contributed by atoms with van der Waals surface area (Å²) in [6.45, 7) is 1.93. The van der Waals surface area contributed by atoms with Gasteiger partial charge in [-0.25, -0.2) is 4.39 Å². The number of nitrogens with one attached hydrogen (secondary N) is 1. The Hall–Kier alpha value is -3.74. The molecule has 7 heteroatoms. The van der Waals surface area contributed by atoms with Crippen molar-refractivity contribution in [2.45, 2.75) is 13.3 Å². The molecular formula is C21H16FN3O3. The first-order valence-electron chi connectivity index (χ1n) is 8.73. The number of halogens is 1. The summed E-state index contributed by atoms with van der Waals surface area (Å²) in [5.74, 6) is 0.535. The zero-order valence-corrected chi connectivity index (χ0v) is 15.0. The second kappa shape index (κ2) is 7.48. The molecule has 0 fully saturated rings. The molecular weight excluding hydrogens is 361 g/mol. The van der Waals surface area contributed by atoms with Gasteiger partial charge in [0, 0.05) is 17.7 Å². The number of anilines is 1. The SMILES string of the molecule is CCc1nnc(-c2ccc(NC(=O)c3ccc(-c4ccccc4F)o3)cc2)o1. The Kier molecular flexibility index (Phi) is 4.72. The van der Waals surface area contributed by atoms with Crippen molar-refractivity contribution >= 4 is 11.6 Å². The molecule has 0 spiro atoms. The smallest absolute Gasteiger partial charge is 0.291 e. The fourth-order valence-electron chi connectivity index (χ4n) is 2.67. The van der Waals surface area contributed by atoms with E-state index in [1.165, 1.54) is 12.1 Å². The summed E-state index contributed by atoms with van der Waals surface area (Å²) >= 11 is 0. The maximum atomic E-state index is 13.9. The fraction of sp³-hybridized carbons (Fsp3) is 0.0952. The molecule has 0 bridgehead atoms. The van der Waals surface area contributed by atoms with Crippen molar-refractivity contribution in [1.82, 2.24) is 10.2 Å². The lowest BCUT2D eigenvalue weighted by Crippen LogP contribution is -2.10. The molecule has 2 aromatic carbocycles. The Bertz CT molecular complexity index is 1120. The van der Waals surface area contributed by atoms with Crippen molar-refractivity contribution in [3.8, 4) is 22.8 Å². The maximum absolute atomic E-state index is 13.9. The van der Waals surface area contributed by atoms with E-state index in [0.29, 0.717) is 35.2 Å². The molecule has 0 saturated carbocycles. The van der Waals surface area contributed by atoms with Crippen molar-refractivity contribution in [3.05, 3.63) is 78.1 Å². The van der Waals surface area contributed by atoms with E-state index >= 15 is 0 Å². The number of carbonyl (C=O) groups is 1. The second-order valence-corrected chi connectivity index (χ2v) is 6.03. The van der Waals surface area contributed by atoms with Crippen LogP contribution in [0.5, 0.6) is 0 Å². The molecule has 0 saturated heterocycles. The second-order valence-electron chi connectivity index (χ2n) is 6.03. The summed E-state index contributed by atoms with van der Waals surface area (Å²) in [5.41, 5.74) is 1.63. The van der Waals surface area contributed by atoms with E-state index in [-0.39, 0.29) is 5.76 Å². The molecule has 2 heterocycles. The standard InChI is InChI=1S/C21H16FN3O3/c1-2-19-24-25-21(28-19)13-7-9-14(10-8-13)23-20(26)18-12-11-17(27-18)15-5-3-4-6-16(15)22/h3-12H,2H2,1H3,(H,23,26). The van der Waals surface area contributed by atoms with Gasteiger partial charge < -0.3 is 14.2 Å². The molecule has 4 aromatic rings. The monoisotopic (exact) mass is 377 g/mol. The highest BCUT2D eigenvalue weighted by Crippen LogP contribution is 2.25. The topological polar surface area (TPSA) is 81.2 Å². The van der Waals surface area contributed by atoms with Crippen molar-refractivity contribution in [2.75, 3.05) is 5.32 Å². The molecule has 0 aliphatic heterocycles. The molecule has 28 heavy (non-hydrogen) atoms. The normalized spacial score (nSPS) is 10.8. The number of rotatable bonds is 5. The largest absolute Gasteiger partial charge is 0.451 e. The lowest BCUT2D eigenvalue weighted by atomic mass is 10.1. The molecule has 0 unspecified atom stereocenters. The highest BCUT2D eigenvalue weighted by molar-refractivity contribution is 6.02. The van der Waals surface area contributed by atoms with E-state index in [1.807, 2.05) is 6.92 Å². The molecule has 0 aliphatic carbocycles. The van der Waals surface area contributed by atoms with E-state index < -0.39 is 11.7 Å². The average molecular weight is 377 g/mol. The van der Waals surface area contributed by atoms with Crippen molar-refractivity contribution < 1.29 is 18.0 Å². The van der Waals surface area contributed by atoms with Gasteiger partial charge in [0.1, 0.15) is 11.6 Å².